The Hall–Kier alpha value is 0.0169. The maximum atomic E-state index is 5.55. The second-order valence-corrected chi connectivity index (χ2v) is 7.43. The molecule has 0 saturated heterocycles. The van der Waals surface area contributed by atoms with E-state index in [2.05, 4.69) is 6.92 Å². The van der Waals surface area contributed by atoms with E-state index in [-0.39, 0.29) is 6.17 Å². The van der Waals surface area contributed by atoms with E-state index in [4.69, 9.17) is 24.7 Å². The molecule has 0 rings (SSSR count). The van der Waals surface area contributed by atoms with E-state index in [1.165, 1.54) is 19.3 Å². The summed E-state index contributed by atoms with van der Waals surface area (Å²) in [5.41, 5.74) is 10.6. The van der Waals surface area contributed by atoms with Crippen LogP contribution in [0.5, 0.6) is 0 Å². The predicted octanol–water partition coefficient (Wildman–Crippen LogP) is 2.86. The topological polar surface area (TPSA) is 79.7 Å². The van der Waals surface area contributed by atoms with Crippen LogP contribution in [0.15, 0.2) is 0 Å². The van der Waals surface area contributed by atoms with Crippen LogP contribution in [-0.4, -0.2) is 34.8 Å². The van der Waals surface area contributed by atoms with Gasteiger partial charge in [-0.1, -0.05) is 33.1 Å². The first-order chi connectivity index (χ1) is 9.51. The van der Waals surface area contributed by atoms with Gasteiger partial charge < -0.3 is 24.7 Å². The third kappa shape index (κ3) is 13.0. The van der Waals surface area contributed by atoms with Crippen LogP contribution in [0.25, 0.3) is 0 Å². The monoisotopic (exact) mass is 308 g/mol. The molecule has 0 heterocycles. The van der Waals surface area contributed by atoms with E-state index in [1.807, 2.05) is 27.7 Å². The number of hydrogen-bond donors (Lipinski definition) is 2. The second kappa shape index (κ2) is 15.4. The molecule has 0 aromatic rings. The summed E-state index contributed by atoms with van der Waals surface area (Å²) in [7, 11) is -2.27. The predicted molar refractivity (Wildman–Crippen MR) is 87.4 cm³/mol. The van der Waals surface area contributed by atoms with Crippen LogP contribution >= 0.6 is 0 Å². The first-order valence-corrected chi connectivity index (χ1v) is 9.87. The lowest BCUT2D eigenvalue weighted by Gasteiger charge is -2.26. The Morgan fingerprint density at radius 1 is 0.800 bits per heavy atom. The summed E-state index contributed by atoms with van der Waals surface area (Å²) in [5.74, 6) is 0. The fourth-order valence-corrected chi connectivity index (χ4v) is 3.90. The highest BCUT2D eigenvalue weighted by Crippen LogP contribution is 2.14. The van der Waals surface area contributed by atoms with Gasteiger partial charge in [0.2, 0.25) is 0 Å². The largest absolute Gasteiger partial charge is 0.500 e. The van der Waals surface area contributed by atoms with E-state index < -0.39 is 8.80 Å². The van der Waals surface area contributed by atoms with Gasteiger partial charge in [-0.25, -0.2) is 0 Å². The normalized spacial score (nSPS) is 11.4. The van der Waals surface area contributed by atoms with E-state index in [1.54, 1.807) is 0 Å². The molecule has 0 aliphatic heterocycles. The minimum atomic E-state index is -2.27. The van der Waals surface area contributed by atoms with Crippen molar-refractivity contribution < 1.29 is 13.3 Å². The van der Waals surface area contributed by atoms with E-state index in [0.29, 0.717) is 19.8 Å². The van der Waals surface area contributed by atoms with Gasteiger partial charge in [-0.05, 0) is 27.2 Å². The molecule has 0 aromatic heterocycles. The Balaban J connectivity index is 0. The van der Waals surface area contributed by atoms with Gasteiger partial charge in [0.05, 0.1) is 6.17 Å². The van der Waals surface area contributed by atoms with Crippen LogP contribution < -0.4 is 11.5 Å². The van der Waals surface area contributed by atoms with Gasteiger partial charge in [0.1, 0.15) is 0 Å². The Kier molecular flexibility index (Phi) is 17.2. The molecule has 0 atom stereocenters. The lowest BCUT2D eigenvalue weighted by Crippen LogP contribution is -2.45. The maximum absolute atomic E-state index is 5.55. The van der Waals surface area contributed by atoms with Gasteiger partial charge in [-0.3, -0.25) is 0 Å². The van der Waals surface area contributed by atoms with Crippen molar-refractivity contribution in [1.29, 1.82) is 0 Å². The smallest absolute Gasteiger partial charge is 0.374 e. The average molecular weight is 309 g/mol. The lowest BCUT2D eigenvalue weighted by atomic mass is 10.2. The van der Waals surface area contributed by atoms with Crippen molar-refractivity contribution in [3.05, 3.63) is 0 Å². The number of rotatable bonds is 11. The summed E-state index contributed by atoms with van der Waals surface area (Å²) in [6.07, 6.45) is 4.54. The van der Waals surface area contributed by atoms with Crippen molar-refractivity contribution >= 4 is 8.80 Å². The second-order valence-electron chi connectivity index (χ2n) is 4.50. The van der Waals surface area contributed by atoms with Gasteiger partial charge in [-0.2, -0.15) is 0 Å². The van der Waals surface area contributed by atoms with Crippen LogP contribution in [0.4, 0.5) is 0 Å². The number of nitrogens with two attached hydrogens (primary N) is 2. The average Bonchev–Trinajstić information content (AvgIpc) is 2.40. The maximum Gasteiger partial charge on any atom is 0.500 e. The molecule has 0 bridgehead atoms. The zero-order valence-electron chi connectivity index (χ0n) is 14.1. The molecule has 0 aliphatic carbocycles. The fraction of sp³-hybridized carbons (Fsp3) is 1.00. The van der Waals surface area contributed by atoms with Gasteiger partial charge in [0, 0.05) is 25.9 Å². The Bertz CT molecular complexity index is 178. The van der Waals surface area contributed by atoms with Crippen LogP contribution in [0.3, 0.4) is 0 Å². The van der Waals surface area contributed by atoms with Gasteiger partial charge in [0.15, 0.2) is 0 Å². The fourth-order valence-electron chi connectivity index (χ4n) is 1.72. The van der Waals surface area contributed by atoms with Gasteiger partial charge in [-0.15, -0.1) is 0 Å². The molecule has 0 radical (unpaired) electrons. The molecule has 0 saturated carbocycles. The van der Waals surface area contributed by atoms with E-state index in [9.17, 15) is 0 Å². The zero-order valence-corrected chi connectivity index (χ0v) is 15.1. The van der Waals surface area contributed by atoms with Crippen molar-refractivity contribution in [3.63, 3.8) is 0 Å². The molecule has 0 fully saturated rings. The Morgan fingerprint density at radius 2 is 1.25 bits per heavy atom. The summed E-state index contributed by atoms with van der Waals surface area (Å²) in [5, 5.41) is 0. The summed E-state index contributed by atoms with van der Waals surface area (Å²) < 4.78 is 16.7. The minimum Gasteiger partial charge on any atom is -0.374 e. The van der Waals surface area contributed by atoms with Crippen molar-refractivity contribution in [1.82, 2.24) is 0 Å². The van der Waals surface area contributed by atoms with Gasteiger partial charge >= 0.3 is 8.80 Å². The molecule has 6 heteroatoms. The first-order valence-electron chi connectivity index (χ1n) is 7.94. The SMILES string of the molecule is CCCCCC(N)N.CCO[Si](CC)(OCC)OCC. The Morgan fingerprint density at radius 3 is 1.50 bits per heavy atom. The standard InChI is InChI=1S/C8H20O3Si.C6H16N2/c1-5-9-12(8-4,10-6-2)11-7-3;1-2-3-4-5-6(7)8/h5-8H2,1-4H3;6H,2-5,7-8H2,1H3. The number of hydrogen-bond acceptors (Lipinski definition) is 5. The molecule has 20 heavy (non-hydrogen) atoms. The third-order valence-electron chi connectivity index (χ3n) is 2.67. The highest BCUT2D eigenvalue weighted by molar-refractivity contribution is 6.60. The molecule has 4 N–H and O–H groups in total. The molecule has 0 spiro atoms. The summed E-state index contributed by atoms with van der Waals surface area (Å²) >= 11 is 0. The van der Waals surface area contributed by atoms with Crippen molar-refractivity contribution in [2.45, 2.75) is 72.5 Å². The highest BCUT2D eigenvalue weighted by atomic mass is 28.4. The first kappa shape index (κ1) is 22.3. The number of unbranched alkanes of at least 4 members (excludes halogenated alkanes) is 2. The summed E-state index contributed by atoms with van der Waals surface area (Å²) in [6.45, 7) is 12.1. The zero-order chi connectivity index (χ0) is 15.9. The van der Waals surface area contributed by atoms with Crippen molar-refractivity contribution in [2.75, 3.05) is 19.8 Å². The van der Waals surface area contributed by atoms with E-state index in [0.717, 1.165) is 12.5 Å². The van der Waals surface area contributed by atoms with Crippen LogP contribution in [0, 0.1) is 0 Å². The van der Waals surface area contributed by atoms with Gasteiger partial charge in [0.25, 0.3) is 0 Å². The minimum absolute atomic E-state index is 0.0958. The molecule has 0 unspecified atom stereocenters. The molecule has 0 amide bonds. The quantitative estimate of drug-likeness (QED) is 0.348. The molecular formula is C14H36N2O3Si. The third-order valence-corrected chi connectivity index (χ3v) is 5.72. The van der Waals surface area contributed by atoms with Crippen LogP contribution in [0.1, 0.15) is 60.3 Å². The van der Waals surface area contributed by atoms with E-state index >= 15 is 0 Å². The van der Waals surface area contributed by atoms with Crippen molar-refractivity contribution in [3.8, 4) is 0 Å². The summed E-state index contributed by atoms with van der Waals surface area (Å²) in [4.78, 5) is 0. The molecule has 5 nitrogen and oxygen atoms in total. The molecule has 124 valence electrons. The summed E-state index contributed by atoms with van der Waals surface area (Å²) in [6, 6.07) is 0.850. The Labute approximate surface area is 126 Å². The molecular weight excluding hydrogens is 272 g/mol. The van der Waals surface area contributed by atoms with Crippen LogP contribution in [0.2, 0.25) is 6.04 Å². The molecule has 0 aliphatic rings. The molecule has 0 aromatic carbocycles. The van der Waals surface area contributed by atoms with Crippen molar-refractivity contribution in [2.24, 2.45) is 11.5 Å². The highest BCUT2D eigenvalue weighted by Gasteiger charge is 2.37. The lowest BCUT2D eigenvalue weighted by molar-refractivity contribution is 0.0725. The van der Waals surface area contributed by atoms with Crippen LogP contribution in [-0.2, 0) is 13.3 Å².